The number of anilines is 2. The van der Waals surface area contributed by atoms with Crippen molar-refractivity contribution in [2.24, 2.45) is 7.05 Å². The van der Waals surface area contributed by atoms with Crippen molar-refractivity contribution in [1.82, 2.24) is 19.6 Å². The van der Waals surface area contributed by atoms with Gasteiger partial charge < -0.3 is 10.2 Å². The summed E-state index contributed by atoms with van der Waals surface area (Å²) in [5, 5.41) is 12.1. The molecule has 1 N–H and O–H groups in total. The van der Waals surface area contributed by atoms with E-state index in [0.717, 1.165) is 31.6 Å². The number of rotatable bonds is 5. The zero-order valence-electron chi connectivity index (χ0n) is 15.6. The van der Waals surface area contributed by atoms with Crippen molar-refractivity contribution in [2.75, 3.05) is 23.3 Å². The molecule has 3 rings (SSSR count). The Morgan fingerprint density at radius 3 is 2.62 bits per heavy atom. The molecular weight excluding hydrogens is 332 g/mol. The van der Waals surface area contributed by atoms with Gasteiger partial charge in [-0.1, -0.05) is 0 Å². The molecule has 1 fully saturated rings. The molecule has 1 aliphatic rings. The van der Waals surface area contributed by atoms with Gasteiger partial charge in [0, 0.05) is 38.3 Å². The number of nitrogens with one attached hydrogen (secondary N) is 1. The fourth-order valence-corrected chi connectivity index (χ4v) is 3.27. The second-order valence-electron chi connectivity index (χ2n) is 6.97. The molecule has 2 aromatic heterocycles. The molecular formula is C18H26N6O2. The zero-order chi connectivity index (χ0) is 18.7. The molecule has 0 aromatic carbocycles. The average Bonchev–Trinajstić information content (AvgIpc) is 2.63. The summed E-state index contributed by atoms with van der Waals surface area (Å²) in [7, 11) is 1.64. The van der Waals surface area contributed by atoms with Crippen LogP contribution in [-0.2, 0) is 7.05 Å². The van der Waals surface area contributed by atoms with Crippen molar-refractivity contribution < 1.29 is 0 Å². The summed E-state index contributed by atoms with van der Waals surface area (Å²) in [6.07, 6.45) is 3.31. The molecule has 1 saturated heterocycles. The second-order valence-corrected chi connectivity index (χ2v) is 6.97. The minimum Gasteiger partial charge on any atom is -0.367 e. The van der Waals surface area contributed by atoms with Gasteiger partial charge in [-0.25, -0.2) is 9.36 Å². The first-order valence-electron chi connectivity index (χ1n) is 9.10. The van der Waals surface area contributed by atoms with Crippen molar-refractivity contribution in [3.63, 3.8) is 0 Å². The van der Waals surface area contributed by atoms with E-state index >= 15 is 0 Å². The molecule has 0 amide bonds. The number of piperidine rings is 1. The maximum absolute atomic E-state index is 12.0. The van der Waals surface area contributed by atoms with Gasteiger partial charge in [0.1, 0.15) is 11.6 Å². The molecule has 0 aliphatic carbocycles. The highest BCUT2D eigenvalue weighted by molar-refractivity contribution is 5.40. The van der Waals surface area contributed by atoms with Crippen LogP contribution in [0, 0.1) is 0 Å². The Labute approximate surface area is 152 Å². The van der Waals surface area contributed by atoms with E-state index in [1.165, 1.54) is 15.4 Å². The predicted molar refractivity (Wildman–Crippen MR) is 102 cm³/mol. The molecule has 1 aliphatic heterocycles. The zero-order valence-corrected chi connectivity index (χ0v) is 15.6. The Kier molecular flexibility index (Phi) is 5.39. The van der Waals surface area contributed by atoms with Crippen LogP contribution in [0.1, 0.15) is 39.2 Å². The minimum absolute atomic E-state index is 0.0265. The highest BCUT2D eigenvalue weighted by Gasteiger charge is 2.24. The Morgan fingerprint density at radius 2 is 1.88 bits per heavy atom. The second kappa shape index (κ2) is 7.72. The van der Waals surface area contributed by atoms with Gasteiger partial charge in [-0.3, -0.25) is 9.59 Å². The van der Waals surface area contributed by atoms with E-state index in [1.54, 1.807) is 19.2 Å². The maximum Gasteiger partial charge on any atom is 0.267 e. The van der Waals surface area contributed by atoms with Gasteiger partial charge in [0.15, 0.2) is 0 Å². The summed E-state index contributed by atoms with van der Waals surface area (Å²) in [5.41, 5.74) is -0.208. The Morgan fingerprint density at radius 1 is 1.12 bits per heavy atom. The van der Waals surface area contributed by atoms with Gasteiger partial charge in [-0.2, -0.15) is 10.2 Å². The largest absolute Gasteiger partial charge is 0.367 e. The quantitative estimate of drug-likeness (QED) is 0.869. The molecule has 8 heteroatoms. The molecule has 2 aromatic rings. The summed E-state index contributed by atoms with van der Waals surface area (Å²) < 4.78 is 2.85. The van der Waals surface area contributed by atoms with Crippen molar-refractivity contribution in [2.45, 2.75) is 45.2 Å². The summed E-state index contributed by atoms with van der Waals surface area (Å²) in [6, 6.07) is 6.90. The van der Waals surface area contributed by atoms with Crippen LogP contribution in [0.4, 0.5) is 11.6 Å². The summed E-state index contributed by atoms with van der Waals surface area (Å²) >= 11 is 0. The molecule has 1 unspecified atom stereocenters. The fourth-order valence-electron chi connectivity index (χ4n) is 3.27. The highest BCUT2D eigenvalue weighted by Crippen LogP contribution is 2.23. The number of hydrogen-bond donors (Lipinski definition) is 1. The number of nitrogens with zero attached hydrogens (tertiary/aromatic N) is 5. The van der Waals surface area contributed by atoms with Crippen molar-refractivity contribution >= 4 is 11.6 Å². The van der Waals surface area contributed by atoms with E-state index in [9.17, 15) is 9.59 Å². The normalized spacial score (nSPS) is 17.5. The van der Waals surface area contributed by atoms with E-state index < -0.39 is 0 Å². The lowest BCUT2D eigenvalue weighted by Gasteiger charge is -2.37. The highest BCUT2D eigenvalue weighted by atomic mass is 16.1. The van der Waals surface area contributed by atoms with Crippen LogP contribution >= 0.6 is 0 Å². The molecule has 0 spiro atoms. The van der Waals surface area contributed by atoms with Gasteiger partial charge in [-0.05, 0) is 45.2 Å². The first-order chi connectivity index (χ1) is 12.5. The van der Waals surface area contributed by atoms with E-state index in [-0.39, 0.29) is 23.2 Å². The van der Waals surface area contributed by atoms with Crippen LogP contribution in [-0.4, -0.2) is 38.7 Å². The number of hydrogen-bond acceptors (Lipinski definition) is 6. The van der Waals surface area contributed by atoms with Crippen molar-refractivity contribution in [1.29, 1.82) is 0 Å². The van der Waals surface area contributed by atoms with Gasteiger partial charge >= 0.3 is 0 Å². The standard InChI is InChI=1S/C18H26N6O2/c1-13(2)24-18(26)10-8-16(21-24)23-11-5-4-6-14(23)12-19-15-7-9-17(25)22(3)20-15/h7-10,13-14H,4-6,11-12H2,1-3H3,(H,19,20). The SMILES string of the molecule is CC(C)n1nc(N2CCCCC2CNc2ccc(=O)n(C)n2)ccc1=O. The monoisotopic (exact) mass is 358 g/mol. The van der Waals surface area contributed by atoms with Gasteiger partial charge in [0.2, 0.25) is 0 Å². The lowest BCUT2D eigenvalue weighted by molar-refractivity contribution is 0.451. The van der Waals surface area contributed by atoms with E-state index in [0.29, 0.717) is 12.4 Å². The van der Waals surface area contributed by atoms with Crippen LogP contribution in [0.5, 0.6) is 0 Å². The van der Waals surface area contributed by atoms with Crippen molar-refractivity contribution in [3.05, 3.63) is 45.0 Å². The van der Waals surface area contributed by atoms with Crippen LogP contribution < -0.4 is 21.3 Å². The number of aryl methyl sites for hydroxylation is 1. The van der Waals surface area contributed by atoms with Gasteiger partial charge in [0.05, 0.1) is 6.04 Å². The predicted octanol–water partition coefficient (Wildman–Crippen LogP) is 1.39. The molecule has 0 saturated carbocycles. The number of aromatic nitrogens is 4. The summed E-state index contributed by atoms with van der Waals surface area (Å²) in [5.74, 6) is 1.51. The third kappa shape index (κ3) is 3.95. The van der Waals surface area contributed by atoms with E-state index in [4.69, 9.17) is 0 Å². The molecule has 26 heavy (non-hydrogen) atoms. The molecule has 1 atom stereocenters. The third-order valence-electron chi connectivity index (χ3n) is 4.70. The lowest BCUT2D eigenvalue weighted by atomic mass is 10.0. The minimum atomic E-state index is -0.130. The Hall–Kier alpha value is -2.64. The van der Waals surface area contributed by atoms with Gasteiger partial charge in [0.25, 0.3) is 11.1 Å². The third-order valence-corrected chi connectivity index (χ3v) is 4.70. The van der Waals surface area contributed by atoms with Crippen LogP contribution in [0.15, 0.2) is 33.9 Å². The summed E-state index contributed by atoms with van der Waals surface area (Å²) in [6.45, 7) is 5.53. The first-order valence-corrected chi connectivity index (χ1v) is 9.10. The lowest BCUT2D eigenvalue weighted by Crippen LogP contribution is -2.45. The van der Waals surface area contributed by atoms with Gasteiger partial charge in [-0.15, -0.1) is 0 Å². The van der Waals surface area contributed by atoms with E-state index in [1.807, 2.05) is 19.9 Å². The topological polar surface area (TPSA) is 85.1 Å². The Balaban J connectivity index is 1.77. The first kappa shape index (κ1) is 18.2. The van der Waals surface area contributed by atoms with Crippen molar-refractivity contribution in [3.8, 4) is 0 Å². The van der Waals surface area contributed by atoms with Crippen LogP contribution in [0.2, 0.25) is 0 Å². The smallest absolute Gasteiger partial charge is 0.267 e. The molecule has 140 valence electrons. The van der Waals surface area contributed by atoms with E-state index in [2.05, 4.69) is 20.4 Å². The fraction of sp³-hybridized carbons (Fsp3) is 0.556. The van der Waals surface area contributed by atoms with Crippen LogP contribution in [0.25, 0.3) is 0 Å². The molecule has 0 radical (unpaired) electrons. The molecule has 3 heterocycles. The van der Waals surface area contributed by atoms with Crippen LogP contribution in [0.3, 0.4) is 0 Å². The summed E-state index contributed by atoms with van der Waals surface area (Å²) in [4.78, 5) is 25.7. The molecule has 8 nitrogen and oxygen atoms in total. The Bertz CT molecular complexity index is 872. The average molecular weight is 358 g/mol. The maximum atomic E-state index is 12.0. The molecule has 0 bridgehead atoms.